The lowest BCUT2D eigenvalue weighted by atomic mass is 9.91. The highest BCUT2D eigenvalue weighted by atomic mass is 32.1. The molecule has 0 bridgehead atoms. The Morgan fingerprint density at radius 2 is 1.69 bits per heavy atom. The van der Waals surface area contributed by atoms with Crippen LogP contribution in [0.5, 0.6) is 11.5 Å². The summed E-state index contributed by atoms with van der Waals surface area (Å²) < 4.78 is 30.2. The number of anilines is 2. The highest BCUT2D eigenvalue weighted by molar-refractivity contribution is 7.13. The van der Waals surface area contributed by atoms with Crippen LogP contribution in [0.25, 0.3) is 11.1 Å². The predicted octanol–water partition coefficient (Wildman–Crippen LogP) is 6.61. The number of amides is 1. The number of carbonyl (C=O) groups excluding carboxylic acids is 3. The lowest BCUT2D eigenvalue weighted by Crippen LogP contribution is -2.52. The van der Waals surface area contributed by atoms with Crippen LogP contribution in [0.2, 0.25) is 0 Å². The van der Waals surface area contributed by atoms with Crippen molar-refractivity contribution in [1.82, 2.24) is 0 Å². The number of nitrogens with zero attached hydrogens (tertiary/aromatic N) is 1. The summed E-state index contributed by atoms with van der Waals surface area (Å²) in [6, 6.07) is 17.3. The first kappa shape index (κ1) is 28.8. The largest absolute Gasteiger partial charge is 0.496 e. The smallest absolute Gasteiger partial charge is 0.348 e. The second kappa shape index (κ2) is 11.3. The number of fused-ring (bicyclic) bond motifs is 1. The van der Waals surface area contributed by atoms with Crippen LogP contribution in [0.3, 0.4) is 0 Å². The molecule has 4 aromatic rings. The maximum absolute atomic E-state index is 13.3. The van der Waals surface area contributed by atoms with Crippen molar-refractivity contribution in [3.63, 3.8) is 0 Å². The van der Waals surface area contributed by atoms with Gasteiger partial charge in [-0.15, -0.1) is 11.3 Å². The number of benzene rings is 3. The summed E-state index contributed by atoms with van der Waals surface area (Å²) in [5, 5.41) is 3.29. The van der Waals surface area contributed by atoms with Gasteiger partial charge in [0.2, 0.25) is 0 Å². The summed E-state index contributed by atoms with van der Waals surface area (Å²) >= 11 is 1.34. The number of halogens is 1. The maximum Gasteiger partial charge on any atom is 0.348 e. The number of nitrogens with one attached hydrogen (secondary N) is 1. The molecule has 1 aliphatic heterocycles. The van der Waals surface area contributed by atoms with Gasteiger partial charge in [-0.3, -0.25) is 4.79 Å². The summed E-state index contributed by atoms with van der Waals surface area (Å²) in [6.45, 7) is 5.40. The van der Waals surface area contributed by atoms with Crippen LogP contribution in [0.1, 0.15) is 44.3 Å². The van der Waals surface area contributed by atoms with E-state index in [4.69, 9.17) is 14.2 Å². The van der Waals surface area contributed by atoms with Crippen LogP contribution < -0.4 is 19.7 Å². The van der Waals surface area contributed by atoms with Crippen molar-refractivity contribution in [2.45, 2.75) is 32.9 Å². The lowest BCUT2D eigenvalue weighted by Gasteiger charge is -2.39. The van der Waals surface area contributed by atoms with Crippen LogP contribution in [-0.2, 0) is 16.1 Å². The zero-order chi connectivity index (χ0) is 30.2. The topological polar surface area (TPSA) is 94.2 Å². The number of aryl methyl sites for hydroxylation is 1. The van der Waals surface area contributed by atoms with Gasteiger partial charge in [-0.2, -0.15) is 0 Å². The predicted molar refractivity (Wildman–Crippen MR) is 159 cm³/mol. The fourth-order valence-corrected chi connectivity index (χ4v) is 5.65. The van der Waals surface area contributed by atoms with E-state index in [2.05, 4.69) is 5.32 Å². The average molecular weight is 589 g/mol. The maximum atomic E-state index is 13.3. The third kappa shape index (κ3) is 5.58. The molecule has 1 N–H and O–H groups in total. The fourth-order valence-electron chi connectivity index (χ4n) is 4.89. The van der Waals surface area contributed by atoms with Gasteiger partial charge in [0, 0.05) is 29.1 Å². The summed E-state index contributed by atoms with van der Waals surface area (Å²) in [5.74, 6) is -1.11. The molecule has 0 radical (unpaired) electrons. The molecule has 1 aliphatic rings. The van der Waals surface area contributed by atoms with Gasteiger partial charge in [0.15, 0.2) is 0 Å². The van der Waals surface area contributed by atoms with Crippen molar-refractivity contribution in [3.8, 4) is 22.6 Å². The van der Waals surface area contributed by atoms with E-state index in [9.17, 15) is 18.8 Å². The summed E-state index contributed by atoms with van der Waals surface area (Å²) in [5.41, 5.74) is 2.56. The Morgan fingerprint density at radius 3 is 2.36 bits per heavy atom. The van der Waals surface area contributed by atoms with Crippen LogP contribution in [0.15, 0.2) is 66.7 Å². The van der Waals surface area contributed by atoms with Crippen LogP contribution >= 0.6 is 11.3 Å². The number of esters is 2. The lowest BCUT2D eigenvalue weighted by molar-refractivity contribution is -0.121. The first-order valence-electron chi connectivity index (χ1n) is 13.1. The molecular formula is C32H29FN2O6S. The molecule has 1 aromatic heterocycles. The summed E-state index contributed by atoms with van der Waals surface area (Å²) in [6.07, 6.45) is 0. The molecule has 42 heavy (non-hydrogen) atoms. The molecule has 1 amide bonds. The van der Waals surface area contributed by atoms with Gasteiger partial charge in [-0.1, -0.05) is 6.07 Å². The standard InChI is InChI=1S/C32H29FN2O6S/c1-18-6-15-27(42-18)30(37)40-17-24-22(13-14-25-28(24)35(4)31(38)32(2,3)34-25)23-12-11-21(16-26(23)39-5)41-29(36)19-7-9-20(33)10-8-19/h6-16,34H,17H2,1-5H3. The average Bonchev–Trinajstić information content (AvgIpc) is 3.41. The molecule has 0 aliphatic carbocycles. The molecule has 2 heterocycles. The molecule has 0 spiro atoms. The quantitative estimate of drug-likeness (QED) is 0.192. The highest BCUT2D eigenvalue weighted by Crippen LogP contribution is 2.45. The normalized spacial score (nSPS) is 13.7. The Bertz CT molecular complexity index is 1700. The van der Waals surface area contributed by atoms with Crippen LogP contribution in [0, 0.1) is 12.7 Å². The minimum Gasteiger partial charge on any atom is -0.496 e. The van der Waals surface area contributed by atoms with Crippen molar-refractivity contribution < 1.29 is 33.0 Å². The molecule has 0 saturated carbocycles. The van der Waals surface area contributed by atoms with Crippen molar-refractivity contribution in [1.29, 1.82) is 0 Å². The molecule has 10 heteroatoms. The number of thiophene rings is 1. The number of carbonyl (C=O) groups is 3. The first-order valence-corrected chi connectivity index (χ1v) is 13.9. The van der Waals surface area contributed by atoms with Gasteiger partial charge in [0.25, 0.3) is 5.91 Å². The van der Waals surface area contributed by atoms with Crippen LogP contribution in [-0.4, -0.2) is 37.5 Å². The third-order valence-corrected chi connectivity index (χ3v) is 7.93. The zero-order valence-corrected chi connectivity index (χ0v) is 24.6. The van der Waals surface area contributed by atoms with E-state index in [-0.39, 0.29) is 23.8 Å². The number of hydrogen-bond donors (Lipinski definition) is 1. The van der Waals surface area contributed by atoms with E-state index in [1.165, 1.54) is 42.7 Å². The number of rotatable bonds is 7. The Labute approximate surface area is 246 Å². The monoisotopic (exact) mass is 588 g/mol. The van der Waals surface area contributed by atoms with Crippen molar-refractivity contribution >= 4 is 40.6 Å². The molecule has 8 nitrogen and oxygen atoms in total. The van der Waals surface area contributed by atoms with Crippen molar-refractivity contribution in [2.24, 2.45) is 0 Å². The molecule has 0 atom stereocenters. The van der Waals surface area contributed by atoms with Crippen molar-refractivity contribution in [3.05, 3.63) is 93.4 Å². The molecule has 0 unspecified atom stereocenters. The van der Waals surface area contributed by atoms with Gasteiger partial charge in [0.1, 0.15) is 34.3 Å². The second-order valence-corrected chi connectivity index (χ2v) is 11.6. The number of ether oxygens (including phenoxy) is 3. The number of likely N-dealkylation sites (N-methyl/N-ethyl adjacent to an activating group) is 1. The van der Waals surface area contributed by atoms with Crippen molar-refractivity contribution in [2.75, 3.05) is 24.4 Å². The molecule has 0 fully saturated rings. The minimum absolute atomic E-state index is 0.113. The van der Waals surface area contributed by atoms with E-state index in [0.29, 0.717) is 38.7 Å². The number of hydrogen-bond acceptors (Lipinski definition) is 8. The first-order chi connectivity index (χ1) is 20.0. The molecule has 0 saturated heterocycles. The third-order valence-electron chi connectivity index (χ3n) is 6.95. The Balaban J connectivity index is 1.54. The summed E-state index contributed by atoms with van der Waals surface area (Å²) in [4.78, 5) is 41.8. The van der Waals surface area contributed by atoms with Gasteiger partial charge in [-0.25, -0.2) is 14.0 Å². The van der Waals surface area contributed by atoms with E-state index >= 15 is 0 Å². The van der Waals surface area contributed by atoms with E-state index in [1.54, 1.807) is 50.1 Å². The second-order valence-electron chi connectivity index (χ2n) is 10.3. The van der Waals surface area contributed by atoms with Gasteiger partial charge < -0.3 is 24.4 Å². The minimum atomic E-state index is -0.834. The number of methoxy groups -OCH3 is 1. The fraction of sp³-hybridized carbons (Fsp3) is 0.219. The SMILES string of the molecule is COc1cc(OC(=O)c2ccc(F)cc2)ccc1-c1ccc2c(c1COC(=O)c1ccc(C)s1)N(C)C(=O)C(C)(C)N2. The summed E-state index contributed by atoms with van der Waals surface area (Å²) in [7, 11) is 3.18. The van der Waals surface area contributed by atoms with E-state index in [0.717, 1.165) is 4.88 Å². The molecule has 3 aromatic carbocycles. The Kier molecular flexibility index (Phi) is 7.74. The van der Waals surface area contributed by atoms with Gasteiger partial charge in [-0.05, 0) is 80.9 Å². The molecule has 5 rings (SSSR count). The van der Waals surface area contributed by atoms with Gasteiger partial charge >= 0.3 is 11.9 Å². The van der Waals surface area contributed by atoms with E-state index in [1.807, 2.05) is 25.1 Å². The Hall–Kier alpha value is -4.70. The van der Waals surface area contributed by atoms with Crippen LogP contribution in [0.4, 0.5) is 15.8 Å². The Morgan fingerprint density at radius 1 is 0.976 bits per heavy atom. The molecule has 216 valence electrons. The van der Waals surface area contributed by atoms with E-state index < -0.39 is 23.3 Å². The highest BCUT2D eigenvalue weighted by Gasteiger charge is 2.39. The zero-order valence-electron chi connectivity index (χ0n) is 23.7. The van der Waals surface area contributed by atoms with Gasteiger partial charge in [0.05, 0.1) is 24.0 Å². The molecular weight excluding hydrogens is 559 g/mol.